The number of H-pyrrole nitrogens is 1. The summed E-state index contributed by atoms with van der Waals surface area (Å²) < 4.78 is 25.4. The quantitative estimate of drug-likeness (QED) is 0.846. The van der Waals surface area contributed by atoms with Crippen molar-refractivity contribution in [2.24, 2.45) is 0 Å². The van der Waals surface area contributed by atoms with Gasteiger partial charge in [-0.1, -0.05) is 6.92 Å². The number of nitrogens with zero attached hydrogens (tertiary/aromatic N) is 2. The van der Waals surface area contributed by atoms with Crippen LogP contribution in [-0.2, 0) is 10.0 Å². The predicted molar refractivity (Wildman–Crippen MR) is 105 cm³/mol. The summed E-state index contributed by atoms with van der Waals surface area (Å²) in [5.74, 6) is 0.00755. The summed E-state index contributed by atoms with van der Waals surface area (Å²) in [7, 11) is -3.21. The fourth-order valence-corrected chi connectivity index (χ4v) is 5.73. The number of aryl methyl sites for hydroxylation is 1. The molecule has 0 unspecified atom stereocenters. The van der Waals surface area contributed by atoms with Gasteiger partial charge in [0.2, 0.25) is 10.0 Å². The molecule has 26 heavy (non-hydrogen) atoms. The number of hydrogen-bond acceptors (Lipinski definition) is 4. The number of aromatic nitrogens is 1. The predicted octanol–water partition coefficient (Wildman–Crippen LogP) is 2.94. The lowest BCUT2D eigenvalue weighted by atomic mass is 10.0. The first kappa shape index (κ1) is 19.1. The van der Waals surface area contributed by atoms with Crippen molar-refractivity contribution in [2.75, 3.05) is 25.9 Å². The molecule has 2 aromatic rings. The van der Waals surface area contributed by atoms with E-state index in [1.54, 1.807) is 21.8 Å². The molecule has 1 saturated heterocycles. The molecule has 6 nitrogen and oxygen atoms in total. The van der Waals surface area contributed by atoms with Gasteiger partial charge < -0.3 is 9.88 Å². The molecule has 8 heteroatoms. The van der Waals surface area contributed by atoms with E-state index in [9.17, 15) is 13.2 Å². The first-order valence-corrected chi connectivity index (χ1v) is 11.5. The van der Waals surface area contributed by atoms with Gasteiger partial charge in [-0.3, -0.25) is 4.79 Å². The molecule has 1 N–H and O–H groups in total. The third-order valence-corrected chi connectivity index (χ3v) is 7.32. The number of piperidine rings is 1. The summed E-state index contributed by atoms with van der Waals surface area (Å²) >= 11 is 1.67. The Balaban J connectivity index is 1.71. The molecular weight excluding hydrogens is 370 g/mol. The number of likely N-dealkylation sites (tertiary alicyclic amines) is 1. The molecule has 142 valence electrons. The van der Waals surface area contributed by atoms with Gasteiger partial charge in [0, 0.05) is 53.4 Å². The lowest BCUT2D eigenvalue weighted by Gasteiger charge is -2.36. The monoisotopic (exact) mass is 395 g/mol. The highest BCUT2D eigenvalue weighted by atomic mass is 32.2. The maximum atomic E-state index is 13.0. The van der Waals surface area contributed by atoms with Crippen molar-refractivity contribution in [3.63, 3.8) is 0 Å². The number of aromatic amines is 1. The van der Waals surface area contributed by atoms with Crippen molar-refractivity contribution in [1.29, 1.82) is 0 Å². The van der Waals surface area contributed by atoms with E-state index in [0.717, 1.165) is 10.4 Å². The summed E-state index contributed by atoms with van der Waals surface area (Å²) in [6.07, 6.45) is 6.22. The van der Waals surface area contributed by atoms with E-state index in [-0.39, 0.29) is 11.9 Å². The van der Waals surface area contributed by atoms with E-state index in [0.29, 0.717) is 38.0 Å². The molecule has 3 heterocycles. The number of nitrogens with one attached hydrogen (secondary N) is 1. The Kier molecular flexibility index (Phi) is 5.55. The van der Waals surface area contributed by atoms with Gasteiger partial charge >= 0.3 is 0 Å². The molecule has 1 aliphatic heterocycles. The van der Waals surface area contributed by atoms with Gasteiger partial charge in [-0.15, -0.1) is 11.3 Å². The second-order valence-electron chi connectivity index (χ2n) is 6.68. The molecule has 0 atom stereocenters. The van der Waals surface area contributed by atoms with E-state index < -0.39 is 10.0 Å². The van der Waals surface area contributed by atoms with Crippen LogP contribution >= 0.6 is 11.3 Å². The third-order valence-electron chi connectivity index (χ3n) is 4.88. The first-order valence-electron chi connectivity index (χ1n) is 8.81. The van der Waals surface area contributed by atoms with Crippen molar-refractivity contribution in [3.05, 3.63) is 35.0 Å². The zero-order valence-electron chi connectivity index (χ0n) is 15.4. The van der Waals surface area contributed by atoms with Crippen molar-refractivity contribution in [1.82, 2.24) is 14.2 Å². The second kappa shape index (κ2) is 7.54. The largest absolute Gasteiger partial charge is 0.366 e. The zero-order valence-corrected chi connectivity index (χ0v) is 17.0. The first-order chi connectivity index (χ1) is 12.3. The Morgan fingerprint density at radius 3 is 2.54 bits per heavy atom. The van der Waals surface area contributed by atoms with Crippen LogP contribution in [0.25, 0.3) is 10.4 Å². The third kappa shape index (κ3) is 3.87. The van der Waals surface area contributed by atoms with E-state index >= 15 is 0 Å². The van der Waals surface area contributed by atoms with E-state index in [1.807, 2.05) is 31.0 Å². The molecule has 1 aliphatic rings. The lowest BCUT2D eigenvalue weighted by molar-refractivity contribution is 0.0681. The average molecular weight is 396 g/mol. The summed E-state index contributed by atoms with van der Waals surface area (Å²) in [6, 6.07) is 4.07. The molecule has 0 radical (unpaired) electrons. The van der Waals surface area contributed by atoms with Crippen LogP contribution in [0.3, 0.4) is 0 Å². The number of sulfonamides is 1. The molecule has 0 bridgehead atoms. The highest BCUT2D eigenvalue weighted by molar-refractivity contribution is 7.88. The molecule has 1 fully saturated rings. The van der Waals surface area contributed by atoms with E-state index in [4.69, 9.17) is 0 Å². The topological polar surface area (TPSA) is 73.5 Å². The standard InChI is InChI=1S/C18H25N3O3S2/c1-4-21(26(3,23)24)14-7-9-20(10-8-14)18(22)16-12-19-11-15(16)17-6-5-13(2)25-17/h5-6,11-12,14,19H,4,7-10H2,1-3H3. The van der Waals surface area contributed by atoms with Crippen LogP contribution in [0.15, 0.2) is 24.5 Å². The minimum Gasteiger partial charge on any atom is -0.366 e. The van der Waals surface area contributed by atoms with Crippen LogP contribution in [-0.4, -0.2) is 60.4 Å². The normalized spacial score (nSPS) is 16.4. The van der Waals surface area contributed by atoms with Crippen LogP contribution in [0, 0.1) is 6.92 Å². The Morgan fingerprint density at radius 1 is 1.31 bits per heavy atom. The molecule has 3 rings (SSSR count). The van der Waals surface area contributed by atoms with Gasteiger partial charge in [-0.2, -0.15) is 4.31 Å². The van der Waals surface area contributed by atoms with Gasteiger partial charge in [0.05, 0.1) is 11.8 Å². The number of carbonyl (C=O) groups is 1. The van der Waals surface area contributed by atoms with Crippen molar-refractivity contribution >= 4 is 27.3 Å². The van der Waals surface area contributed by atoms with Crippen LogP contribution < -0.4 is 0 Å². The SMILES string of the molecule is CCN(C1CCN(C(=O)c2c[nH]cc2-c2ccc(C)s2)CC1)S(C)(=O)=O. The van der Waals surface area contributed by atoms with Crippen molar-refractivity contribution < 1.29 is 13.2 Å². The van der Waals surface area contributed by atoms with Gasteiger partial charge in [0.15, 0.2) is 0 Å². The summed E-state index contributed by atoms with van der Waals surface area (Å²) in [5, 5.41) is 0. The molecule has 1 amide bonds. The minimum absolute atomic E-state index is 0.00755. The van der Waals surface area contributed by atoms with Gasteiger partial charge in [-0.25, -0.2) is 8.42 Å². The number of carbonyl (C=O) groups excluding carboxylic acids is 1. The highest BCUT2D eigenvalue weighted by Gasteiger charge is 2.31. The number of hydrogen-bond donors (Lipinski definition) is 1. The van der Waals surface area contributed by atoms with Crippen LogP contribution in [0.5, 0.6) is 0 Å². The fraction of sp³-hybridized carbons (Fsp3) is 0.500. The maximum Gasteiger partial charge on any atom is 0.256 e. The molecule has 0 aliphatic carbocycles. The Labute approximate surface area is 158 Å². The smallest absolute Gasteiger partial charge is 0.256 e. The molecule has 0 saturated carbocycles. The van der Waals surface area contributed by atoms with Crippen LogP contribution in [0.2, 0.25) is 0 Å². The minimum atomic E-state index is -3.21. The number of thiophene rings is 1. The zero-order chi connectivity index (χ0) is 18.9. The van der Waals surface area contributed by atoms with Gasteiger partial charge in [0.1, 0.15) is 0 Å². The average Bonchev–Trinajstić information content (AvgIpc) is 3.22. The summed E-state index contributed by atoms with van der Waals surface area (Å²) in [5.41, 5.74) is 1.61. The van der Waals surface area contributed by atoms with E-state index in [2.05, 4.69) is 11.1 Å². The van der Waals surface area contributed by atoms with Crippen LogP contribution in [0.4, 0.5) is 0 Å². The fourth-order valence-electron chi connectivity index (χ4n) is 3.61. The number of rotatable bonds is 5. The van der Waals surface area contributed by atoms with Gasteiger partial charge in [0.25, 0.3) is 5.91 Å². The van der Waals surface area contributed by atoms with E-state index in [1.165, 1.54) is 11.1 Å². The highest BCUT2D eigenvalue weighted by Crippen LogP contribution is 2.31. The molecule has 0 aromatic carbocycles. The van der Waals surface area contributed by atoms with Gasteiger partial charge in [-0.05, 0) is 31.9 Å². The maximum absolute atomic E-state index is 13.0. The Hall–Kier alpha value is -1.64. The molecule has 0 spiro atoms. The molecule has 2 aromatic heterocycles. The van der Waals surface area contributed by atoms with Crippen molar-refractivity contribution in [3.8, 4) is 10.4 Å². The number of amides is 1. The molecular formula is C18H25N3O3S2. The second-order valence-corrected chi connectivity index (χ2v) is 9.91. The summed E-state index contributed by atoms with van der Waals surface area (Å²) in [4.78, 5) is 20.2. The summed E-state index contributed by atoms with van der Waals surface area (Å²) in [6.45, 7) is 5.52. The lowest BCUT2D eigenvalue weighted by Crippen LogP contribution is -2.48. The van der Waals surface area contributed by atoms with Crippen LogP contribution in [0.1, 0.15) is 35.0 Å². The van der Waals surface area contributed by atoms with Crippen molar-refractivity contribution in [2.45, 2.75) is 32.7 Å². The Morgan fingerprint density at radius 2 is 2.00 bits per heavy atom. The Bertz CT molecular complexity index is 877.